The normalized spacial score (nSPS) is 15.3. The highest BCUT2D eigenvalue weighted by Crippen LogP contribution is 2.22. The molecule has 1 aromatic carbocycles. The van der Waals surface area contributed by atoms with Crippen LogP contribution in [0.5, 0.6) is 0 Å². The molecule has 1 aliphatic rings. The second-order valence-electron chi connectivity index (χ2n) is 5.69. The number of carbonyl (C=O) groups is 1. The lowest BCUT2D eigenvalue weighted by molar-refractivity contribution is 0.00842. The topological polar surface area (TPSA) is 55.6 Å². The third-order valence-corrected chi connectivity index (χ3v) is 4.83. The molecule has 2 rings (SSSR count). The van der Waals surface area contributed by atoms with E-state index in [-0.39, 0.29) is 24.4 Å². The molecule has 0 radical (unpaired) electrons. The van der Waals surface area contributed by atoms with Crippen molar-refractivity contribution in [3.8, 4) is 0 Å². The molecule has 23 heavy (non-hydrogen) atoms. The minimum Gasteiger partial charge on any atom is -0.378 e. The van der Waals surface area contributed by atoms with E-state index in [0.717, 1.165) is 55.0 Å². The summed E-state index contributed by atoms with van der Waals surface area (Å²) in [4.78, 5) is 15.8. The summed E-state index contributed by atoms with van der Waals surface area (Å²) < 4.78 is 5.80. The van der Waals surface area contributed by atoms with Gasteiger partial charge in [-0.05, 0) is 56.7 Å². The summed E-state index contributed by atoms with van der Waals surface area (Å²) in [6, 6.07) is 6.10. The molecule has 0 unspecified atom stereocenters. The zero-order chi connectivity index (χ0) is 15.9. The van der Waals surface area contributed by atoms with E-state index in [2.05, 4.69) is 6.07 Å². The number of likely N-dealkylation sites (tertiary alicyclic amines) is 1. The minimum atomic E-state index is 0. The van der Waals surface area contributed by atoms with Crippen LogP contribution >= 0.6 is 24.2 Å². The quantitative estimate of drug-likeness (QED) is 0.627. The predicted molar refractivity (Wildman–Crippen MR) is 98.8 cm³/mol. The summed E-state index contributed by atoms with van der Waals surface area (Å²) in [7, 11) is 0. The highest BCUT2D eigenvalue weighted by atomic mass is 35.5. The Morgan fingerprint density at radius 1 is 1.39 bits per heavy atom. The van der Waals surface area contributed by atoms with Crippen molar-refractivity contribution in [2.45, 2.75) is 37.2 Å². The molecule has 0 bridgehead atoms. The lowest BCUT2D eigenvalue weighted by Crippen LogP contribution is -2.41. The number of nitrogens with two attached hydrogens (primary N) is 1. The van der Waals surface area contributed by atoms with Gasteiger partial charge in [0.1, 0.15) is 0 Å². The first kappa shape index (κ1) is 20.3. The van der Waals surface area contributed by atoms with E-state index in [0.29, 0.717) is 6.54 Å². The van der Waals surface area contributed by atoms with Gasteiger partial charge in [0.15, 0.2) is 0 Å². The molecule has 4 nitrogen and oxygen atoms in total. The Balaban J connectivity index is 0.00000264. The van der Waals surface area contributed by atoms with Crippen LogP contribution < -0.4 is 5.73 Å². The average Bonchev–Trinajstić information content (AvgIpc) is 2.55. The van der Waals surface area contributed by atoms with Gasteiger partial charge >= 0.3 is 0 Å². The number of hydrogen-bond donors (Lipinski definition) is 1. The van der Waals surface area contributed by atoms with E-state index >= 15 is 0 Å². The number of thioether (sulfide) groups is 1. The summed E-state index contributed by atoms with van der Waals surface area (Å²) in [5, 5.41) is 0. The maximum absolute atomic E-state index is 12.7. The SMILES string of the molecule is CSc1ccc(C)c(C(=O)N2CCC(OCCCN)CC2)c1.Cl. The number of carbonyl (C=O) groups excluding carboxylic acids is 1. The third kappa shape index (κ3) is 5.68. The fourth-order valence-corrected chi connectivity index (χ4v) is 3.13. The highest BCUT2D eigenvalue weighted by molar-refractivity contribution is 7.98. The first-order valence-electron chi connectivity index (χ1n) is 7.91. The molecule has 0 saturated carbocycles. The van der Waals surface area contributed by atoms with E-state index in [1.165, 1.54) is 0 Å². The molecular weight excluding hydrogens is 332 g/mol. The molecule has 1 aliphatic heterocycles. The van der Waals surface area contributed by atoms with Crippen molar-refractivity contribution < 1.29 is 9.53 Å². The molecule has 130 valence electrons. The summed E-state index contributed by atoms with van der Waals surface area (Å²) in [6.45, 7) is 4.94. The second-order valence-corrected chi connectivity index (χ2v) is 6.57. The van der Waals surface area contributed by atoms with Crippen LogP contribution in [0.25, 0.3) is 0 Å². The van der Waals surface area contributed by atoms with Gasteiger partial charge in [-0.3, -0.25) is 4.79 Å². The van der Waals surface area contributed by atoms with Gasteiger partial charge < -0.3 is 15.4 Å². The van der Waals surface area contributed by atoms with Crippen molar-refractivity contribution >= 4 is 30.1 Å². The number of rotatable bonds is 6. The number of piperidine rings is 1. The first-order valence-corrected chi connectivity index (χ1v) is 9.13. The fourth-order valence-electron chi connectivity index (χ4n) is 2.69. The fraction of sp³-hybridized carbons (Fsp3) is 0.588. The van der Waals surface area contributed by atoms with Crippen molar-refractivity contribution in [3.63, 3.8) is 0 Å². The molecule has 6 heteroatoms. The van der Waals surface area contributed by atoms with Crippen LogP contribution in [0.15, 0.2) is 23.1 Å². The van der Waals surface area contributed by atoms with Crippen molar-refractivity contribution in [3.05, 3.63) is 29.3 Å². The maximum Gasteiger partial charge on any atom is 0.254 e. The van der Waals surface area contributed by atoms with Gasteiger partial charge in [0.25, 0.3) is 5.91 Å². The molecule has 1 aromatic rings. The predicted octanol–water partition coefficient (Wildman–Crippen LogP) is 3.11. The van der Waals surface area contributed by atoms with E-state index in [1.807, 2.05) is 30.2 Å². The van der Waals surface area contributed by atoms with E-state index in [9.17, 15) is 4.79 Å². The summed E-state index contributed by atoms with van der Waals surface area (Å²) in [5.41, 5.74) is 7.35. The molecule has 2 N–H and O–H groups in total. The van der Waals surface area contributed by atoms with Gasteiger partial charge in [0.05, 0.1) is 6.10 Å². The number of nitrogens with zero attached hydrogens (tertiary/aromatic N) is 1. The van der Waals surface area contributed by atoms with Crippen LogP contribution in [-0.4, -0.2) is 49.4 Å². The largest absolute Gasteiger partial charge is 0.378 e. The Hall–Kier alpha value is -0.750. The molecule has 0 atom stereocenters. The number of hydrogen-bond acceptors (Lipinski definition) is 4. The van der Waals surface area contributed by atoms with Crippen LogP contribution in [0, 0.1) is 6.92 Å². The monoisotopic (exact) mass is 358 g/mol. The highest BCUT2D eigenvalue weighted by Gasteiger charge is 2.24. The Morgan fingerprint density at radius 2 is 2.09 bits per heavy atom. The van der Waals surface area contributed by atoms with E-state index in [1.54, 1.807) is 11.8 Å². The number of benzene rings is 1. The number of amides is 1. The zero-order valence-electron chi connectivity index (χ0n) is 13.9. The van der Waals surface area contributed by atoms with Crippen LogP contribution in [0.4, 0.5) is 0 Å². The van der Waals surface area contributed by atoms with Crippen LogP contribution in [0.1, 0.15) is 35.2 Å². The molecular formula is C17H27ClN2O2S. The molecule has 0 aromatic heterocycles. The number of halogens is 1. The van der Waals surface area contributed by atoms with E-state index in [4.69, 9.17) is 10.5 Å². The van der Waals surface area contributed by atoms with Crippen molar-refractivity contribution in [1.29, 1.82) is 0 Å². The molecule has 1 saturated heterocycles. The van der Waals surface area contributed by atoms with Gasteiger partial charge in [-0.2, -0.15) is 0 Å². The zero-order valence-corrected chi connectivity index (χ0v) is 15.5. The van der Waals surface area contributed by atoms with Gasteiger partial charge in [-0.1, -0.05) is 6.07 Å². The minimum absolute atomic E-state index is 0. The van der Waals surface area contributed by atoms with Gasteiger partial charge in [-0.15, -0.1) is 24.2 Å². The standard InChI is InChI=1S/C17H26N2O2S.ClH/c1-13-4-5-15(22-2)12-16(13)17(20)19-9-6-14(7-10-19)21-11-3-8-18;/h4-5,12,14H,3,6-11,18H2,1-2H3;1H. The second kappa shape index (κ2) is 10.2. The molecule has 1 fully saturated rings. The summed E-state index contributed by atoms with van der Waals surface area (Å²) in [6.07, 6.45) is 5.03. The Morgan fingerprint density at radius 3 is 2.70 bits per heavy atom. The van der Waals surface area contributed by atoms with Gasteiger partial charge in [0, 0.05) is 30.2 Å². The lowest BCUT2D eigenvalue weighted by Gasteiger charge is -2.32. The first-order chi connectivity index (χ1) is 10.7. The lowest BCUT2D eigenvalue weighted by atomic mass is 10.0. The van der Waals surface area contributed by atoms with Crippen LogP contribution in [0.2, 0.25) is 0 Å². The maximum atomic E-state index is 12.7. The number of aryl methyl sites for hydroxylation is 1. The smallest absolute Gasteiger partial charge is 0.254 e. The van der Waals surface area contributed by atoms with Crippen molar-refractivity contribution in [2.24, 2.45) is 5.73 Å². The summed E-state index contributed by atoms with van der Waals surface area (Å²) >= 11 is 1.67. The third-order valence-electron chi connectivity index (χ3n) is 4.11. The Labute approximate surface area is 149 Å². The van der Waals surface area contributed by atoms with Crippen LogP contribution in [0.3, 0.4) is 0 Å². The van der Waals surface area contributed by atoms with Crippen molar-refractivity contribution in [2.75, 3.05) is 32.5 Å². The molecule has 1 heterocycles. The van der Waals surface area contributed by atoms with Crippen molar-refractivity contribution in [1.82, 2.24) is 4.90 Å². The van der Waals surface area contributed by atoms with E-state index < -0.39 is 0 Å². The molecule has 0 spiro atoms. The van der Waals surface area contributed by atoms with Crippen LogP contribution in [-0.2, 0) is 4.74 Å². The molecule has 1 amide bonds. The Bertz CT molecular complexity index is 505. The molecule has 0 aliphatic carbocycles. The Kier molecular flexibility index (Phi) is 8.99. The number of ether oxygens (including phenoxy) is 1. The summed E-state index contributed by atoms with van der Waals surface area (Å²) in [5.74, 6) is 0.147. The van der Waals surface area contributed by atoms with Gasteiger partial charge in [-0.25, -0.2) is 0 Å². The average molecular weight is 359 g/mol. The van der Waals surface area contributed by atoms with Gasteiger partial charge in [0.2, 0.25) is 0 Å².